The molecular formula is C22H28N2O5. The van der Waals surface area contributed by atoms with Gasteiger partial charge in [-0.1, -0.05) is 18.2 Å². The highest BCUT2D eigenvalue weighted by Gasteiger charge is 2.39. The van der Waals surface area contributed by atoms with Crippen molar-refractivity contribution >= 4 is 22.7 Å². The first-order valence-corrected chi connectivity index (χ1v) is 9.95. The van der Waals surface area contributed by atoms with Gasteiger partial charge in [-0.3, -0.25) is 14.2 Å². The third-order valence-electron chi connectivity index (χ3n) is 5.30. The molecule has 2 N–H and O–H groups in total. The van der Waals surface area contributed by atoms with Crippen LogP contribution >= 0.6 is 0 Å². The molecule has 0 bridgehead atoms. The van der Waals surface area contributed by atoms with E-state index in [0.717, 1.165) is 16.5 Å². The summed E-state index contributed by atoms with van der Waals surface area (Å²) in [6.45, 7) is 3.89. The number of ether oxygens (including phenoxy) is 2. The molecule has 2 heterocycles. The van der Waals surface area contributed by atoms with E-state index >= 15 is 0 Å². The molecule has 156 valence electrons. The van der Waals surface area contributed by atoms with Crippen LogP contribution in [-0.2, 0) is 14.3 Å². The number of aliphatic hydroxyl groups is 1. The number of nitrogens with zero attached hydrogens (tertiary/aromatic N) is 1. The van der Waals surface area contributed by atoms with Gasteiger partial charge in [0.15, 0.2) is 5.76 Å². The zero-order valence-corrected chi connectivity index (χ0v) is 17.1. The Labute approximate surface area is 170 Å². The third kappa shape index (κ3) is 4.21. The van der Waals surface area contributed by atoms with E-state index in [-0.39, 0.29) is 36.0 Å². The maximum Gasteiger partial charge on any atom is 0.285 e. The van der Waals surface area contributed by atoms with Gasteiger partial charge < -0.3 is 19.9 Å². The summed E-state index contributed by atoms with van der Waals surface area (Å²) in [6, 6.07) is 7.72. The van der Waals surface area contributed by atoms with Crippen LogP contribution in [0.5, 0.6) is 0 Å². The zero-order chi connectivity index (χ0) is 21.0. The summed E-state index contributed by atoms with van der Waals surface area (Å²) in [5.74, 6) is -0.513. The Morgan fingerprint density at radius 3 is 2.72 bits per heavy atom. The molecule has 0 aliphatic carbocycles. The summed E-state index contributed by atoms with van der Waals surface area (Å²) < 4.78 is 13.3. The van der Waals surface area contributed by atoms with Crippen LogP contribution in [-0.4, -0.2) is 48.0 Å². The number of carbonyl (C=O) groups is 2. The summed E-state index contributed by atoms with van der Waals surface area (Å²) in [4.78, 5) is 24.5. The van der Waals surface area contributed by atoms with Gasteiger partial charge in [-0.25, -0.2) is 0 Å². The van der Waals surface area contributed by atoms with Crippen LogP contribution in [0.4, 0.5) is 0 Å². The van der Waals surface area contributed by atoms with Gasteiger partial charge in [0, 0.05) is 50.6 Å². The molecule has 0 saturated carbocycles. The molecule has 29 heavy (non-hydrogen) atoms. The van der Waals surface area contributed by atoms with Gasteiger partial charge in [-0.05, 0) is 37.5 Å². The molecule has 1 aromatic heterocycles. The van der Waals surface area contributed by atoms with Gasteiger partial charge in [0.05, 0.1) is 5.52 Å². The number of para-hydroxylation sites is 1. The highest BCUT2D eigenvalue weighted by molar-refractivity contribution is 5.95. The van der Waals surface area contributed by atoms with Gasteiger partial charge in [-0.2, -0.15) is 0 Å². The minimum atomic E-state index is -0.617. The highest BCUT2D eigenvalue weighted by atomic mass is 16.7. The van der Waals surface area contributed by atoms with Crippen molar-refractivity contribution in [2.75, 3.05) is 20.3 Å². The quantitative estimate of drug-likeness (QED) is 0.746. The standard InChI is InChI=1S/C22H28N2O5/c1-4-28-22-16(9-7-11-25)17(12-20(29-22)21(27)23-3)18-13-24(14(2)26)19-10-6-5-8-15(18)19/h5-6,8,10,12-13,16-17,22,25H,4,7,9,11H2,1-3H3,(H,23,27)/t16-,17+,22-/m0/s1. The SMILES string of the molecule is CCO[C@H]1OC(C(=O)NC)=C[C@@H](c2cn(C(C)=O)c3ccccc23)[C@@H]1CCCO. The van der Waals surface area contributed by atoms with E-state index in [9.17, 15) is 14.7 Å². The van der Waals surface area contributed by atoms with Crippen molar-refractivity contribution in [2.24, 2.45) is 5.92 Å². The van der Waals surface area contributed by atoms with Crippen molar-refractivity contribution in [3.8, 4) is 0 Å². The molecule has 1 aliphatic heterocycles. The number of nitrogens with one attached hydrogen (secondary N) is 1. The second kappa shape index (κ2) is 9.24. The molecule has 3 rings (SSSR count). The van der Waals surface area contributed by atoms with Gasteiger partial charge in [0.1, 0.15) is 0 Å². The molecule has 0 spiro atoms. The first-order chi connectivity index (χ1) is 14.0. The van der Waals surface area contributed by atoms with Crippen molar-refractivity contribution in [3.05, 3.63) is 47.9 Å². The van der Waals surface area contributed by atoms with Gasteiger partial charge in [0.2, 0.25) is 12.2 Å². The van der Waals surface area contributed by atoms with Crippen LogP contribution in [0.15, 0.2) is 42.3 Å². The zero-order valence-electron chi connectivity index (χ0n) is 17.1. The first-order valence-electron chi connectivity index (χ1n) is 9.95. The van der Waals surface area contributed by atoms with E-state index in [1.54, 1.807) is 11.6 Å². The number of benzene rings is 1. The lowest BCUT2D eigenvalue weighted by atomic mass is 9.80. The predicted molar refractivity (Wildman–Crippen MR) is 109 cm³/mol. The Morgan fingerprint density at radius 2 is 2.07 bits per heavy atom. The summed E-state index contributed by atoms with van der Waals surface area (Å²) >= 11 is 0. The normalized spacial score (nSPS) is 21.5. The molecule has 1 aliphatic rings. The van der Waals surface area contributed by atoms with Crippen molar-refractivity contribution in [2.45, 2.75) is 38.9 Å². The fourth-order valence-corrected chi connectivity index (χ4v) is 3.98. The highest BCUT2D eigenvalue weighted by Crippen LogP contribution is 2.42. The van der Waals surface area contributed by atoms with E-state index in [1.807, 2.05) is 43.5 Å². The predicted octanol–water partition coefficient (Wildman–Crippen LogP) is 2.80. The van der Waals surface area contributed by atoms with Gasteiger partial charge >= 0.3 is 0 Å². The van der Waals surface area contributed by atoms with E-state index in [1.165, 1.54) is 6.92 Å². The molecule has 0 radical (unpaired) electrons. The third-order valence-corrected chi connectivity index (χ3v) is 5.30. The molecule has 0 unspecified atom stereocenters. The van der Waals surface area contributed by atoms with Crippen molar-refractivity contribution in [1.29, 1.82) is 0 Å². The molecule has 7 heteroatoms. The Kier molecular flexibility index (Phi) is 6.71. The number of amides is 1. The Morgan fingerprint density at radius 1 is 1.31 bits per heavy atom. The number of hydrogen-bond acceptors (Lipinski definition) is 5. The van der Waals surface area contributed by atoms with E-state index in [0.29, 0.717) is 19.4 Å². The molecule has 3 atom stereocenters. The number of hydrogen-bond donors (Lipinski definition) is 2. The van der Waals surface area contributed by atoms with Crippen LogP contribution in [0.3, 0.4) is 0 Å². The Hall–Kier alpha value is -2.64. The number of rotatable bonds is 7. The van der Waals surface area contributed by atoms with E-state index in [2.05, 4.69) is 5.32 Å². The average molecular weight is 400 g/mol. The lowest BCUT2D eigenvalue weighted by Crippen LogP contribution is -2.38. The second-order valence-electron chi connectivity index (χ2n) is 7.10. The fraction of sp³-hybridized carbons (Fsp3) is 0.455. The van der Waals surface area contributed by atoms with Crippen LogP contribution in [0.2, 0.25) is 0 Å². The van der Waals surface area contributed by atoms with E-state index < -0.39 is 6.29 Å². The molecular weight excluding hydrogens is 372 g/mol. The molecule has 7 nitrogen and oxygen atoms in total. The summed E-state index contributed by atoms with van der Waals surface area (Å²) in [5, 5.41) is 12.9. The van der Waals surface area contributed by atoms with Crippen LogP contribution in [0, 0.1) is 5.92 Å². The minimum absolute atomic E-state index is 0.0588. The van der Waals surface area contributed by atoms with Gasteiger partial charge in [0.25, 0.3) is 5.91 Å². The summed E-state index contributed by atoms with van der Waals surface area (Å²) in [6.07, 6.45) is 4.28. The number of aromatic nitrogens is 1. The monoisotopic (exact) mass is 400 g/mol. The maximum atomic E-state index is 12.3. The van der Waals surface area contributed by atoms with E-state index in [4.69, 9.17) is 9.47 Å². The van der Waals surface area contributed by atoms with Crippen molar-refractivity contribution in [1.82, 2.24) is 9.88 Å². The Bertz CT molecular complexity index is 917. The maximum absolute atomic E-state index is 12.3. The van der Waals surface area contributed by atoms with Crippen molar-refractivity contribution < 1.29 is 24.2 Å². The molecule has 0 fully saturated rings. The summed E-state index contributed by atoms with van der Waals surface area (Å²) in [5.41, 5.74) is 1.76. The summed E-state index contributed by atoms with van der Waals surface area (Å²) in [7, 11) is 1.55. The number of likely N-dealkylation sites (N-methyl/N-ethyl adjacent to an activating group) is 1. The molecule has 0 saturated heterocycles. The Balaban J connectivity index is 2.17. The topological polar surface area (TPSA) is 89.8 Å². The minimum Gasteiger partial charge on any atom is -0.459 e. The number of aliphatic hydroxyl groups excluding tert-OH is 1. The molecule has 2 aromatic rings. The van der Waals surface area contributed by atoms with Gasteiger partial charge in [-0.15, -0.1) is 0 Å². The number of fused-ring (bicyclic) bond motifs is 1. The fourth-order valence-electron chi connectivity index (χ4n) is 3.98. The lowest BCUT2D eigenvalue weighted by molar-refractivity contribution is -0.166. The molecule has 1 amide bonds. The smallest absolute Gasteiger partial charge is 0.285 e. The average Bonchev–Trinajstić information content (AvgIpc) is 3.12. The first kappa shape index (κ1) is 21.1. The molecule has 1 aromatic carbocycles. The lowest BCUT2D eigenvalue weighted by Gasteiger charge is -2.36. The van der Waals surface area contributed by atoms with Crippen LogP contribution in [0.1, 0.15) is 43.0 Å². The largest absolute Gasteiger partial charge is 0.459 e. The van der Waals surface area contributed by atoms with Crippen molar-refractivity contribution in [3.63, 3.8) is 0 Å². The number of allylic oxidation sites excluding steroid dienone is 1. The number of carbonyl (C=O) groups excluding carboxylic acids is 2. The van der Waals surface area contributed by atoms with Crippen LogP contribution in [0.25, 0.3) is 10.9 Å². The second-order valence-corrected chi connectivity index (χ2v) is 7.10. The van der Waals surface area contributed by atoms with Crippen LogP contribution < -0.4 is 5.32 Å².